The molecule has 1 aliphatic carbocycles. The van der Waals surface area contributed by atoms with Crippen LogP contribution >= 0.6 is 0 Å². The molecule has 1 saturated carbocycles. The molecule has 0 bridgehead atoms. The molecule has 1 aromatic rings. The lowest BCUT2D eigenvalue weighted by atomic mass is 9.87. The Morgan fingerprint density at radius 1 is 1.14 bits per heavy atom. The van der Waals surface area contributed by atoms with E-state index in [2.05, 4.69) is 28.8 Å². The Labute approximate surface area is 171 Å². The van der Waals surface area contributed by atoms with E-state index >= 15 is 0 Å². The first-order chi connectivity index (χ1) is 13.5. The van der Waals surface area contributed by atoms with Crippen molar-refractivity contribution in [2.75, 3.05) is 39.0 Å². The molecule has 28 heavy (non-hydrogen) atoms. The fraction of sp³-hybridized carbons (Fsp3) is 0.857. The third-order valence-corrected chi connectivity index (χ3v) is 8.03. The molecule has 1 aromatic heterocycles. The number of rotatable bonds is 12. The molecule has 3 rings (SSSR count). The lowest BCUT2D eigenvalue weighted by molar-refractivity contribution is 0.270. The predicted octanol–water partition coefficient (Wildman–Crippen LogP) is 3.17. The average molecular weight is 411 g/mol. The van der Waals surface area contributed by atoms with Gasteiger partial charge in [-0.25, -0.2) is 13.4 Å². The van der Waals surface area contributed by atoms with Gasteiger partial charge in [0.2, 0.25) is 15.0 Å². The highest BCUT2D eigenvalue weighted by atomic mass is 32.2. The first kappa shape index (κ1) is 21.8. The molecule has 2 aliphatic rings. The Morgan fingerprint density at radius 3 is 2.54 bits per heavy atom. The smallest absolute Gasteiger partial charge is 0.227 e. The molecular weight excluding hydrogens is 372 g/mol. The summed E-state index contributed by atoms with van der Waals surface area (Å²) in [5.41, 5.74) is 1.03. The van der Waals surface area contributed by atoms with Crippen molar-refractivity contribution >= 4 is 9.84 Å². The van der Waals surface area contributed by atoms with Crippen LogP contribution in [0.25, 0.3) is 0 Å². The number of unbranched alkanes of at least 4 members (excludes halogenated alkanes) is 1. The second-order valence-corrected chi connectivity index (χ2v) is 10.7. The maximum Gasteiger partial charge on any atom is 0.227 e. The molecule has 0 amide bonds. The van der Waals surface area contributed by atoms with Crippen molar-refractivity contribution in [2.45, 2.75) is 76.5 Å². The lowest BCUT2D eigenvalue weighted by Gasteiger charge is -2.25. The standard InChI is InChI=1S/C21H38N4O2S/c1-3-4-15-25-20(17-23(2)11-8-14-24-12-5-6-13-24)16-22-21(25)28(26,27)18-19-9-7-10-19/h16,19H,3-15,17-18H2,1-2H3. The van der Waals surface area contributed by atoms with Gasteiger partial charge >= 0.3 is 0 Å². The van der Waals surface area contributed by atoms with Gasteiger partial charge in [-0.3, -0.25) is 0 Å². The second kappa shape index (κ2) is 10.2. The summed E-state index contributed by atoms with van der Waals surface area (Å²) >= 11 is 0. The van der Waals surface area contributed by atoms with E-state index in [1.807, 2.05) is 4.57 Å². The summed E-state index contributed by atoms with van der Waals surface area (Å²) in [6, 6.07) is 0. The molecular formula is C21H38N4O2S. The highest BCUT2D eigenvalue weighted by Gasteiger charge is 2.30. The van der Waals surface area contributed by atoms with Gasteiger partial charge in [0.25, 0.3) is 0 Å². The number of nitrogens with zero attached hydrogens (tertiary/aromatic N) is 4. The minimum Gasteiger partial charge on any atom is -0.318 e. The van der Waals surface area contributed by atoms with Crippen LogP contribution in [0.5, 0.6) is 0 Å². The molecule has 1 saturated heterocycles. The molecule has 0 unspecified atom stereocenters. The van der Waals surface area contributed by atoms with Crippen LogP contribution in [-0.4, -0.2) is 66.7 Å². The highest BCUT2D eigenvalue weighted by molar-refractivity contribution is 7.91. The Kier molecular flexibility index (Phi) is 7.94. The molecule has 0 radical (unpaired) electrons. The molecule has 1 aliphatic heterocycles. The van der Waals surface area contributed by atoms with Gasteiger partial charge in [-0.1, -0.05) is 19.8 Å². The van der Waals surface area contributed by atoms with Crippen LogP contribution < -0.4 is 0 Å². The summed E-state index contributed by atoms with van der Waals surface area (Å²) in [7, 11) is -1.17. The summed E-state index contributed by atoms with van der Waals surface area (Å²) in [4.78, 5) is 9.24. The lowest BCUT2D eigenvalue weighted by Crippen LogP contribution is -2.27. The molecule has 6 nitrogen and oxygen atoms in total. The minimum atomic E-state index is -3.30. The Balaban J connectivity index is 1.61. The van der Waals surface area contributed by atoms with E-state index in [0.717, 1.165) is 63.9 Å². The van der Waals surface area contributed by atoms with Crippen LogP contribution in [0.2, 0.25) is 0 Å². The third kappa shape index (κ3) is 5.80. The maximum absolute atomic E-state index is 12.9. The zero-order valence-corrected chi connectivity index (χ0v) is 18.6. The van der Waals surface area contributed by atoms with Crippen molar-refractivity contribution in [1.29, 1.82) is 0 Å². The van der Waals surface area contributed by atoms with Crippen molar-refractivity contribution in [1.82, 2.24) is 19.4 Å². The molecule has 0 aromatic carbocycles. The number of aromatic nitrogens is 2. The van der Waals surface area contributed by atoms with Gasteiger partial charge in [-0.2, -0.15) is 0 Å². The van der Waals surface area contributed by atoms with Crippen molar-refractivity contribution in [3.8, 4) is 0 Å². The van der Waals surface area contributed by atoms with Gasteiger partial charge in [0.15, 0.2) is 0 Å². The summed E-state index contributed by atoms with van der Waals surface area (Å²) in [5.74, 6) is 0.597. The maximum atomic E-state index is 12.9. The van der Waals surface area contributed by atoms with Crippen molar-refractivity contribution in [2.24, 2.45) is 5.92 Å². The Hall–Kier alpha value is -0.920. The zero-order chi connectivity index (χ0) is 20.0. The predicted molar refractivity (Wildman–Crippen MR) is 113 cm³/mol. The topological polar surface area (TPSA) is 58.4 Å². The van der Waals surface area contributed by atoms with Crippen LogP contribution in [0, 0.1) is 5.92 Å². The number of sulfone groups is 1. The van der Waals surface area contributed by atoms with E-state index in [-0.39, 0.29) is 5.75 Å². The first-order valence-electron chi connectivity index (χ1n) is 11.2. The minimum absolute atomic E-state index is 0.265. The van der Waals surface area contributed by atoms with E-state index in [0.29, 0.717) is 11.1 Å². The molecule has 0 spiro atoms. The second-order valence-electron chi connectivity index (χ2n) is 8.76. The molecule has 0 atom stereocenters. The molecule has 160 valence electrons. The fourth-order valence-electron chi connectivity index (χ4n) is 4.29. The average Bonchev–Trinajstić information content (AvgIpc) is 3.27. The quantitative estimate of drug-likeness (QED) is 0.530. The van der Waals surface area contributed by atoms with Crippen LogP contribution in [0.1, 0.15) is 64.0 Å². The van der Waals surface area contributed by atoms with Gasteiger partial charge in [-0.15, -0.1) is 0 Å². The zero-order valence-electron chi connectivity index (χ0n) is 17.8. The van der Waals surface area contributed by atoms with Gasteiger partial charge in [-0.05, 0) is 77.7 Å². The van der Waals surface area contributed by atoms with Gasteiger partial charge in [0.1, 0.15) is 0 Å². The van der Waals surface area contributed by atoms with Crippen LogP contribution in [-0.2, 0) is 22.9 Å². The van der Waals surface area contributed by atoms with Crippen LogP contribution in [0.3, 0.4) is 0 Å². The number of imidazole rings is 1. The third-order valence-electron chi connectivity index (χ3n) is 6.24. The molecule has 2 heterocycles. The molecule has 7 heteroatoms. The Bertz CT molecular complexity index is 706. The SMILES string of the molecule is CCCCn1c(CN(C)CCCN2CCCC2)cnc1S(=O)(=O)CC1CCC1. The number of hydrogen-bond donors (Lipinski definition) is 0. The van der Waals surface area contributed by atoms with Crippen molar-refractivity contribution in [3.05, 3.63) is 11.9 Å². The largest absolute Gasteiger partial charge is 0.318 e. The number of hydrogen-bond acceptors (Lipinski definition) is 5. The van der Waals surface area contributed by atoms with E-state index in [4.69, 9.17) is 0 Å². The van der Waals surface area contributed by atoms with Crippen LogP contribution in [0.15, 0.2) is 11.4 Å². The fourth-order valence-corrected chi connectivity index (χ4v) is 6.15. The van der Waals surface area contributed by atoms with E-state index < -0.39 is 9.84 Å². The van der Waals surface area contributed by atoms with E-state index in [1.54, 1.807) is 6.20 Å². The van der Waals surface area contributed by atoms with Crippen LogP contribution in [0.4, 0.5) is 0 Å². The molecule has 2 fully saturated rings. The number of likely N-dealkylation sites (tertiary alicyclic amines) is 1. The van der Waals surface area contributed by atoms with Crippen molar-refractivity contribution in [3.63, 3.8) is 0 Å². The summed E-state index contributed by atoms with van der Waals surface area (Å²) in [6.45, 7) is 8.33. The van der Waals surface area contributed by atoms with E-state index in [1.165, 1.54) is 32.5 Å². The van der Waals surface area contributed by atoms with E-state index in [9.17, 15) is 8.42 Å². The highest BCUT2D eigenvalue weighted by Crippen LogP contribution is 2.29. The normalized spacial score (nSPS) is 18.8. The van der Waals surface area contributed by atoms with Crippen molar-refractivity contribution < 1.29 is 8.42 Å². The summed E-state index contributed by atoms with van der Waals surface area (Å²) < 4.78 is 27.9. The monoisotopic (exact) mass is 410 g/mol. The first-order valence-corrected chi connectivity index (χ1v) is 12.8. The van der Waals surface area contributed by atoms with Gasteiger partial charge < -0.3 is 14.4 Å². The summed E-state index contributed by atoms with van der Waals surface area (Å²) in [6.07, 6.45) is 10.9. The summed E-state index contributed by atoms with van der Waals surface area (Å²) in [5, 5.41) is 0.299. The molecule has 0 N–H and O–H groups in total. The Morgan fingerprint density at radius 2 is 1.89 bits per heavy atom. The van der Waals surface area contributed by atoms with Gasteiger partial charge in [0.05, 0.1) is 17.6 Å². The van der Waals surface area contributed by atoms with Gasteiger partial charge in [0, 0.05) is 13.1 Å².